The maximum absolute atomic E-state index is 11.2. The topological polar surface area (TPSA) is 62.2 Å². The fourth-order valence-corrected chi connectivity index (χ4v) is 3.84. The number of rotatable bonds is 7. The van der Waals surface area contributed by atoms with Gasteiger partial charge in [0.2, 0.25) is 0 Å². The molecule has 4 nitrogen and oxygen atoms in total. The molecule has 2 aromatic carbocycles. The van der Waals surface area contributed by atoms with Crippen LogP contribution in [0.15, 0.2) is 53.4 Å². The molecule has 0 aliphatic rings. The Morgan fingerprint density at radius 2 is 1.96 bits per heavy atom. The van der Waals surface area contributed by atoms with E-state index in [9.17, 15) is 9.90 Å². The van der Waals surface area contributed by atoms with E-state index in [0.717, 1.165) is 34.5 Å². The van der Waals surface area contributed by atoms with Gasteiger partial charge in [-0.25, -0.2) is 4.79 Å². The number of anilines is 1. The van der Waals surface area contributed by atoms with Crippen molar-refractivity contribution in [2.75, 3.05) is 5.32 Å². The summed E-state index contributed by atoms with van der Waals surface area (Å²) in [5.74, 6) is -0.904. The Labute approximate surface area is 169 Å². The number of hydrogen-bond acceptors (Lipinski definition) is 4. The molecule has 0 bridgehead atoms. The van der Waals surface area contributed by atoms with Gasteiger partial charge in [0, 0.05) is 34.3 Å². The zero-order valence-electron chi connectivity index (χ0n) is 16.3. The van der Waals surface area contributed by atoms with E-state index in [1.54, 1.807) is 13.0 Å². The second kappa shape index (κ2) is 8.85. The summed E-state index contributed by atoms with van der Waals surface area (Å²) < 4.78 is 4.45. The van der Waals surface area contributed by atoms with Crippen molar-refractivity contribution in [1.29, 1.82) is 0 Å². The standard InChI is InChI=1S/C23H24N2O2S/c1-4-21-20(14-28-25-21)18-10-8-17(9-11-18)13-24-22-7-5-6-15(2)19(22)12-16(3)23(26)27/h5-12,14,24H,4,13H2,1-3H3,(H,26,27)/b16-12+. The third-order valence-electron chi connectivity index (χ3n) is 4.75. The first-order valence-corrected chi connectivity index (χ1v) is 10.1. The van der Waals surface area contributed by atoms with Gasteiger partial charge in [0.05, 0.1) is 5.69 Å². The summed E-state index contributed by atoms with van der Waals surface area (Å²) in [6.45, 7) is 6.39. The van der Waals surface area contributed by atoms with Crippen LogP contribution in [0.5, 0.6) is 0 Å². The predicted molar refractivity (Wildman–Crippen MR) is 117 cm³/mol. The molecule has 3 aromatic rings. The molecule has 144 valence electrons. The highest BCUT2D eigenvalue weighted by atomic mass is 32.1. The smallest absolute Gasteiger partial charge is 0.331 e. The van der Waals surface area contributed by atoms with Crippen LogP contribution in [0.2, 0.25) is 0 Å². The number of aliphatic carboxylic acids is 1. The minimum atomic E-state index is -0.904. The van der Waals surface area contributed by atoms with E-state index in [4.69, 9.17) is 0 Å². The van der Waals surface area contributed by atoms with Gasteiger partial charge in [-0.15, -0.1) is 0 Å². The first-order valence-electron chi connectivity index (χ1n) is 9.27. The van der Waals surface area contributed by atoms with Crippen LogP contribution >= 0.6 is 11.5 Å². The molecular formula is C23H24N2O2S. The van der Waals surface area contributed by atoms with Crippen molar-refractivity contribution in [3.63, 3.8) is 0 Å². The van der Waals surface area contributed by atoms with Crippen LogP contribution in [-0.4, -0.2) is 15.4 Å². The molecule has 5 heteroatoms. The number of aryl methyl sites for hydroxylation is 2. The molecule has 0 saturated heterocycles. The van der Waals surface area contributed by atoms with E-state index in [1.807, 2.05) is 25.1 Å². The van der Waals surface area contributed by atoms with Crippen molar-refractivity contribution in [1.82, 2.24) is 4.37 Å². The molecule has 0 unspecified atom stereocenters. The van der Waals surface area contributed by atoms with Gasteiger partial charge in [-0.1, -0.05) is 43.3 Å². The summed E-state index contributed by atoms with van der Waals surface area (Å²) in [7, 11) is 0. The lowest BCUT2D eigenvalue weighted by Crippen LogP contribution is -2.03. The van der Waals surface area contributed by atoms with Crippen molar-refractivity contribution in [3.8, 4) is 11.1 Å². The van der Waals surface area contributed by atoms with E-state index in [1.165, 1.54) is 22.7 Å². The third kappa shape index (κ3) is 4.49. The minimum absolute atomic E-state index is 0.317. The zero-order chi connectivity index (χ0) is 20.1. The van der Waals surface area contributed by atoms with Crippen LogP contribution < -0.4 is 5.32 Å². The summed E-state index contributed by atoms with van der Waals surface area (Å²) >= 11 is 1.50. The summed E-state index contributed by atoms with van der Waals surface area (Å²) in [6, 6.07) is 14.4. The summed E-state index contributed by atoms with van der Waals surface area (Å²) in [5.41, 5.74) is 7.90. The fraction of sp³-hybridized carbons (Fsp3) is 0.217. The summed E-state index contributed by atoms with van der Waals surface area (Å²) in [5, 5.41) is 14.7. The number of carboxylic acids is 1. The molecule has 0 fully saturated rings. The Bertz CT molecular complexity index is 1000. The van der Waals surface area contributed by atoms with Crippen LogP contribution in [0, 0.1) is 6.92 Å². The van der Waals surface area contributed by atoms with Gasteiger partial charge in [-0.05, 0) is 60.6 Å². The van der Waals surface area contributed by atoms with Crippen molar-refractivity contribution >= 4 is 29.3 Å². The number of nitrogens with zero attached hydrogens (tertiary/aromatic N) is 1. The van der Waals surface area contributed by atoms with E-state index >= 15 is 0 Å². The number of carbonyl (C=O) groups is 1. The third-order valence-corrected chi connectivity index (χ3v) is 5.42. The van der Waals surface area contributed by atoms with E-state index in [2.05, 4.69) is 46.3 Å². The number of benzene rings is 2. The molecule has 0 aliphatic carbocycles. The first-order chi connectivity index (χ1) is 13.5. The molecule has 0 spiro atoms. The Morgan fingerprint density at radius 1 is 1.21 bits per heavy atom. The maximum atomic E-state index is 11.2. The summed E-state index contributed by atoms with van der Waals surface area (Å²) in [6.07, 6.45) is 2.65. The van der Waals surface area contributed by atoms with Gasteiger partial charge in [0.25, 0.3) is 0 Å². The highest BCUT2D eigenvalue weighted by molar-refractivity contribution is 7.04. The molecular weight excluding hydrogens is 368 g/mol. The van der Waals surface area contributed by atoms with Gasteiger partial charge >= 0.3 is 5.97 Å². The van der Waals surface area contributed by atoms with Crippen molar-refractivity contribution in [3.05, 3.63) is 75.8 Å². The quantitative estimate of drug-likeness (QED) is 0.500. The maximum Gasteiger partial charge on any atom is 0.331 e. The van der Waals surface area contributed by atoms with Crippen molar-refractivity contribution in [2.45, 2.75) is 33.7 Å². The molecule has 1 aromatic heterocycles. The Hall–Kier alpha value is -2.92. The Kier molecular flexibility index (Phi) is 6.26. The monoisotopic (exact) mass is 392 g/mol. The van der Waals surface area contributed by atoms with Crippen molar-refractivity contribution < 1.29 is 9.90 Å². The van der Waals surface area contributed by atoms with Gasteiger partial charge < -0.3 is 10.4 Å². The van der Waals surface area contributed by atoms with E-state index < -0.39 is 5.97 Å². The molecule has 0 amide bonds. The second-order valence-electron chi connectivity index (χ2n) is 6.75. The Morgan fingerprint density at radius 3 is 2.64 bits per heavy atom. The largest absolute Gasteiger partial charge is 0.478 e. The number of hydrogen-bond donors (Lipinski definition) is 2. The van der Waals surface area contributed by atoms with Crippen LogP contribution in [-0.2, 0) is 17.8 Å². The molecule has 0 saturated carbocycles. The fourth-order valence-electron chi connectivity index (χ4n) is 3.05. The molecule has 0 atom stereocenters. The molecule has 28 heavy (non-hydrogen) atoms. The van der Waals surface area contributed by atoms with Gasteiger partial charge in [-0.2, -0.15) is 4.37 Å². The lowest BCUT2D eigenvalue weighted by atomic mass is 10.0. The normalized spacial score (nSPS) is 11.5. The molecule has 1 heterocycles. The van der Waals surface area contributed by atoms with Gasteiger partial charge in [-0.3, -0.25) is 0 Å². The Balaban J connectivity index is 1.77. The number of nitrogens with one attached hydrogen (secondary N) is 1. The lowest BCUT2D eigenvalue weighted by Gasteiger charge is -2.13. The minimum Gasteiger partial charge on any atom is -0.478 e. The van der Waals surface area contributed by atoms with E-state index in [-0.39, 0.29) is 0 Å². The van der Waals surface area contributed by atoms with Crippen LogP contribution in [0.25, 0.3) is 17.2 Å². The van der Waals surface area contributed by atoms with Crippen LogP contribution in [0.3, 0.4) is 0 Å². The summed E-state index contributed by atoms with van der Waals surface area (Å²) in [4.78, 5) is 11.2. The van der Waals surface area contributed by atoms with Crippen LogP contribution in [0.4, 0.5) is 5.69 Å². The number of carboxylic acid groups (broad SMARTS) is 1. The lowest BCUT2D eigenvalue weighted by molar-refractivity contribution is -0.132. The highest BCUT2D eigenvalue weighted by Gasteiger charge is 2.08. The van der Waals surface area contributed by atoms with E-state index in [0.29, 0.717) is 12.1 Å². The van der Waals surface area contributed by atoms with Gasteiger partial charge in [0.1, 0.15) is 0 Å². The predicted octanol–water partition coefficient (Wildman–Crippen LogP) is 5.78. The average molecular weight is 393 g/mol. The molecule has 0 aliphatic heterocycles. The molecule has 0 radical (unpaired) electrons. The van der Waals surface area contributed by atoms with Crippen LogP contribution in [0.1, 0.15) is 36.2 Å². The number of aromatic nitrogens is 1. The zero-order valence-corrected chi connectivity index (χ0v) is 17.1. The molecule has 2 N–H and O–H groups in total. The average Bonchev–Trinajstić information content (AvgIpc) is 3.17. The van der Waals surface area contributed by atoms with Gasteiger partial charge in [0.15, 0.2) is 0 Å². The SMILES string of the molecule is CCc1nscc1-c1ccc(CNc2cccc(C)c2/C=C(\C)C(=O)O)cc1. The van der Waals surface area contributed by atoms with Crippen molar-refractivity contribution in [2.24, 2.45) is 0 Å². The highest BCUT2D eigenvalue weighted by Crippen LogP contribution is 2.27. The first kappa shape index (κ1) is 19.8. The molecule has 3 rings (SSSR count). The second-order valence-corrected chi connectivity index (χ2v) is 7.38.